The lowest BCUT2D eigenvalue weighted by Gasteiger charge is -2.25. The van der Waals surface area contributed by atoms with Gasteiger partial charge in [-0.2, -0.15) is 0 Å². The lowest BCUT2D eigenvalue weighted by Crippen LogP contribution is -2.40. The van der Waals surface area contributed by atoms with Gasteiger partial charge in [0.05, 0.1) is 21.1 Å². The fourth-order valence-electron chi connectivity index (χ4n) is 3.61. The molecule has 12 heteroatoms. The van der Waals surface area contributed by atoms with Crippen LogP contribution in [-0.4, -0.2) is 58.4 Å². The Balaban J connectivity index is 2.16. The monoisotopic (exact) mass is 501 g/mol. The largest absolute Gasteiger partial charge is 0.463 e. The van der Waals surface area contributed by atoms with Crippen LogP contribution in [0.25, 0.3) is 11.0 Å². The van der Waals surface area contributed by atoms with Crippen LogP contribution in [0.1, 0.15) is 40.8 Å². The van der Waals surface area contributed by atoms with Crippen molar-refractivity contribution in [3.8, 4) is 0 Å². The first kappa shape index (κ1) is 25.1. The second-order valence-corrected chi connectivity index (χ2v) is 8.69. The van der Waals surface area contributed by atoms with E-state index in [2.05, 4.69) is 10.3 Å². The molecule has 1 saturated heterocycles. The highest BCUT2D eigenvalue weighted by Crippen LogP contribution is 2.40. The van der Waals surface area contributed by atoms with Gasteiger partial charge in [0, 0.05) is 26.8 Å². The molecule has 1 aromatic heterocycles. The summed E-state index contributed by atoms with van der Waals surface area (Å²) in [7, 11) is 0. The van der Waals surface area contributed by atoms with E-state index in [0.717, 1.165) is 0 Å². The summed E-state index contributed by atoms with van der Waals surface area (Å²) in [4.78, 5) is 39.8. The fraction of sp³-hybridized carbons (Fsp3) is 0.524. The molecule has 1 aliphatic heterocycles. The van der Waals surface area contributed by atoms with Crippen molar-refractivity contribution in [2.75, 3.05) is 11.9 Å². The minimum absolute atomic E-state index is 0.0128. The van der Waals surface area contributed by atoms with E-state index < -0.39 is 42.4 Å². The Morgan fingerprint density at radius 3 is 2.24 bits per heavy atom. The van der Waals surface area contributed by atoms with E-state index in [1.807, 2.05) is 13.8 Å². The van der Waals surface area contributed by atoms with E-state index in [4.69, 9.17) is 42.1 Å². The van der Waals surface area contributed by atoms with Crippen LogP contribution < -0.4 is 5.32 Å². The number of aromatic nitrogens is 2. The van der Waals surface area contributed by atoms with Crippen LogP contribution >= 0.6 is 23.2 Å². The molecule has 180 valence electrons. The quantitative estimate of drug-likeness (QED) is 0.448. The molecule has 1 fully saturated rings. The number of carbonyl (C=O) groups is 3. The molecule has 0 aliphatic carbocycles. The molecule has 1 aliphatic rings. The van der Waals surface area contributed by atoms with Crippen LogP contribution in [0.5, 0.6) is 0 Å². The lowest BCUT2D eigenvalue weighted by molar-refractivity contribution is -0.166. The first-order valence-corrected chi connectivity index (χ1v) is 11.0. The van der Waals surface area contributed by atoms with Crippen molar-refractivity contribution in [3.05, 3.63) is 22.2 Å². The number of hydrogen-bond acceptors (Lipinski definition) is 9. The van der Waals surface area contributed by atoms with E-state index in [1.54, 1.807) is 16.7 Å². The number of nitrogens with one attached hydrogen (secondary N) is 1. The van der Waals surface area contributed by atoms with Crippen LogP contribution in [0.4, 0.5) is 5.95 Å². The number of carbonyl (C=O) groups excluding carboxylic acids is 3. The predicted molar refractivity (Wildman–Crippen MR) is 120 cm³/mol. The minimum atomic E-state index is -1.06. The number of ether oxygens (including phenoxy) is 4. The average molecular weight is 502 g/mol. The molecular formula is C21H25Cl2N3O7. The van der Waals surface area contributed by atoms with Gasteiger partial charge in [-0.3, -0.25) is 19.0 Å². The van der Waals surface area contributed by atoms with Crippen molar-refractivity contribution in [2.45, 2.75) is 65.2 Å². The molecular weight excluding hydrogens is 477 g/mol. The molecule has 10 nitrogen and oxygen atoms in total. The van der Waals surface area contributed by atoms with Crippen molar-refractivity contribution in [1.29, 1.82) is 0 Å². The third kappa shape index (κ3) is 5.69. The zero-order valence-corrected chi connectivity index (χ0v) is 20.3. The zero-order valence-electron chi connectivity index (χ0n) is 18.8. The Hall–Kier alpha value is -2.56. The number of halogens is 2. The maximum absolute atomic E-state index is 12.0. The Morgan fingerprint density at radius 2 is 1.67 bits per heavy atom. The number of benzene rings is 1. The van der Waals surface area contributed by atoms with Crippen molar-refractivity contribution in [1.82, 2.24) is 9.55 Å². The SMILES string of the molecule is CC(=O)OCC1OC(n2c(NC(C)C)nc3cc(Cl)c(Cl)cc32)C(OC(C)=O)C1OC(C)=O. The Kier molecular flexibility index (Phi) is 7.71. The third-order valence-electron chi connectivity index (χ3n) is 4.74. The van der Waals surface area contributed by atoms with Crippen molar-refractivity contribution in [2.24, 2.45) is 0 Å². The number of anilines is 1. The molecule has 0 spiro atoms. The molecule has 4 unspecified atom stereocenters. The molecule has 4 atom stereocenters. The van der Waals surface area contributed by atoms with Gasteiger partial charge in [0.25, 0.3) is 0 Å². The molecule has 2 heterocycles. The van der Waals surface area contributed by atoms with Crippen molar-refractivity contribution < 1.29 is 33.3 Å². The Bertz CT molecular complexity index is 1070. The van der Waals surface area contributed by atoms with Gasteiger partial charge >= 0.3 is 17.9 Å². The van der Waals surface area contributed by atoms with Crippen molar-refractivity contribution >= 4 is 58.1 Å². The molecule has 33 heavy (non-hydrogen) atoms. The number of nitrogens with zero attached hydrogens (tertiary/aromatic N) is 2. The summed E-state index contributed by atoms with van der Waals surface area (Å²) in [6.45, 7) is 7.34. The number of fused-ring (bicyclic) bond motifs is 1. The molecule has 1 N–H and O–H groups in total. The maximum atomic E-state index is 12.0. The zero-order chi connectivity index (χ0) is 24.4. The summed E-state index contributed by atoms with van der Waals surface area (Å²) < 4.78 is 23.9. The van der Waals surface area contributed by atoms with Gasteiger partial charge in [-0.1, -0.05) is 23.2 Å². The molecule has 1 aromatic carbocycles. The molecule has 0 saturated carbocycles. The van der Waals surface area contributed by atoms with Gasteiger partial charge in [0.2, 0.25) is 5.95 Å². The summed E-state index contributed by atoms with van der Waals surface area (Å²) in [5.41, 5.74) is 1.06. The second kappa shape index (κ2) is 10.1. The molecule has 0 bridgehead atoms. The van der Waals surface area contributed by atoms with Crippen LogP contribution in [0, 0.1) is 0 Å². The number of rotatable bonds is 7. The van der Waals surface area contributed by atoms with E-state index in [0.29, 0.717) is 22.0 Å². The number of imidazole rings is 1. The summed E-state index contributed by atoms with van der Waals surface area (Å²) >= 11 is 12.4. The topological polar surface area (TPSA) is 118 Å². The van der Waals surface area contributed by atoms with Gasteiger partial charge < -0.3 is 24.3 Å². The second-order valence-electron chi connectivity index (χ2n) is 7.88. The summed E-state index contributed by atoms with van der Waals surface area (Å²) in [6.07, 6.45) is -3.99. The van der Waals surface area contributed by atoms with Crippen molar-refractivity contribution in [3.63, 3.8) is 0 Å². The van der Waals surface area contributed by atoms with Crippen LogP contribution in [-0.2, 0) is 33.3 Å². The highest BCUT2D eigenvalue weighted by Gasteiger charge is 2.51. The van der Waals surface area contributed by atoms with Gasteiger partial charge in [-0.05, 0) is 26.0 Å². The van der Waals surface area contributed by atoms with Gasteiger partial charge in [0.1, 0.15) is 12.7 Å². The first-order valence-electron chi connectivity index (χ1n) is 10.2. The Morgan fingerprint density at radius 1 is 1.06 bits per heavy atom. The van der Waals surface area contributed by atoms with Crippen LogP contribution in [0.3, 0.4) is 0 Å². The molecule has 2 aromatic rings. The molecule has 0 amide bonds. The highest BCUT2D eigenvalue weighted by atomic mass is 35.5. The highest BCUT2D eigenvalue weighted by molar-refractivity contribution is 6.42. The first-order chi connectivity index (χ1) is 15.5. The van der Waals surface area contributed by atoms with E-state index in [9.17, 15) is 14.4 Å². The van der Waals surface area contributed by atoms with Gasteiger partial charge in [-0.15, -0.1) is 0 Å². The Labute approximate surface area is 200 Å². The summed E-state index contributed by atoms with van der Waals surface area (Å²) in [6, 6.07) is 3.21. The van der Waals surface area contributed by atoms with E-state index >= 15 is 0 Å². The van der Waals surface area contributed by atoms with Crippen LogP contribution in [0.2, 0.25) is 10.0 Å². The smallest absolute Gasteiger partial charge is 0.303 e. The van der Waals surface area contributed by atoms with Crippen LogP contribution in [0.15, 0.2) is 12.1 Å². The maximum Gasteiger partial charge on any atom is 0.303 e. The number of esters is 3. The third-order valence-corrected chi connectivity index (χ3v) is 5.47. The van der Waals surface area contributed by atoms with E-state index in [1.165, 1.54) is 20.8 Å². The molecule has 3 rings (SSSR count). The minimum Gasteiger partial charge on any atom is -0.463 e. The summed E-state index contributed by atoms with van der Waals surface area (Å²) in [5.74, 6) is -1.36. The molecule has 0 radical (unpaired) electrons. The standard InChI is InChI=1S/C21H25Cl2N3O7/c1-9(2)24-21-25-15-6-13(22)14(23)7-16(15)26(21)20-19(32-12(5)29)18(31-11(4)28)17(33-20)8-30-10(3)27/h6-7,9,17-20H,8H2,1-5H3,(H,24,25). The summed E-state index contributed by atoms with van der Waals surface area (Å²) in [5, 5.41) is 3.83. The average Bonchev–Trinajstić information content (AvgIpc) is 3.17. The lowest BCUT2D eigenvalue weighted by atomic mass is 10.1. The number of hydrogen-bond donors (Lipinski definition) is 1. The van der Waals surface area contributed by atoms with E-state index in [-0.39, 0.29) is 17.7 Å². The van der Waals surface area contributed by atoms with Gasteiger partial charge in [-0.25, -0.2) is 4.98 Å². The van der Waals surface area contributed by atoms with Gasteiger partial charge in [0.15, 0.2) is 18.4 Å². The normalized spacial score (nSPS) is 22.4. The fourth-order valence-corrected chi connectivity index (χ4v) is 3.92. The predicted octanol–water partition coefficient (Wildman–Crippen LogP) is 3.49.